The summed E-state index contributed by atoms with van der Waals surface area (Å²) in [6, 6.07) is 31.2. The van der Waals surface area contributed by atoms with Crippen molar-refractivity contribution in [2.75, 3.05) is 22.5 Å². The Bertz CT molecular complexity index is 1830. The Hall–Kier alpha value is -3.94. The fourth-order valence-electron chi connectivity index (χ4n) is 5.30. The summed E-state index contributed by atoms with van der Waals surface area (Å²) < 4.78 is 1.07. The van der Waals surface area contributed by atoms with Gasteiger partial charge in [-0.25, -0.2) is 4.98 Å². The van der Waals surface area contributed by atoms with Crippen molar-refractivity contribution in [2.24, 2.45) is 0 Å². The lowest BCUT2D eigenvalue weighted by atomic mass is 9.99. The van der Waals surface area contributed by atoms with Gasteiger partial charge in [-0.3, -0.25) is 0 Å². The molecular weight excluding hydrogens is 542 g/mol. The van der Waals surface area contributed by atoms with Crippen LogP contribution in [0.2, 0.25) is 0 Å². The Labute approximate surface area is 227 Å². The quantitative estimate of drug-likeness (QED) is 0.130. The van der Waals surface area contributed by atoms with Crippen molar-refractivity contribution in [2.45, 2.75) is 5.92 Å². The fourth-order valence-corrected chi connectivity index (χ4v) is 5.91. The summed E-state index contributed by atoms with van der Waals surface area (Å²) in [4.78, 5) is 8.89. The average molecular weight is 565 g/mol. The normalized spacial score (nSPS) is 14.6. The van der Waals surface area contributed by atoms with Gasteiger partial charge in [-0.15, -0.1) is 0 Å². The van der Waals surface area contributed by atoms with E-state index in [0.717, 1.165) is 55.7 Å². The van der Waals surface area contributed by atoms with Crippen LogP contribution in [0.5, 0.6) is 0 Å². The van der Waals surface area contributed by atoms with E-state index in [4.69, 9.17) is 17.2 Å². The van der Waals surface area contributed by atoms with E-state index < -0.39 is 0 Å². The van der Waals surface area contributed by atoms with Crippen molar-refractivity contribution in [1.82, 2.24) is 9.97 Å². The van der Waals surface area contributed by atoms with Gasteiger partial charge in [-0.2, -0.15) is 0 Å². The number of nitrogens with zero attached hydrogens (tertiary/aromatic N) is 1. The molecule has 4 N–H and O–H groups in total. The number of hydrogen-bond donors (Lipinski definition) is 4. The number of aromatic amines is 1. The van der Waals surface area contributed by atoms with Crippen LogP contribution in [0.4, 0.5) is 17.1 Å². The van der Waals surface area contributed by atoms with E-state index in [1.807, 2.05) is 30.3 Å². The molecule has 5 nitrogen and oxygen atoms in total. The van der Waals surface area contributed by atoms with E-state index in [2.05, 4.69) is 97.5 Å². The topological polar surface area (TPSA) is 64.8 Å². The van der Waals surface area contributed by atoms with Crippen LogP contribution in [0, 0.1) is 0 Å². The molecule has 7 heteroatoms. The highest BCUT2D eigenvalue weighted by Gasteiger charge is 2.27. The molecule has 180 valence electrons. The Morgan fingerprint density at radius 2 is 1.57 bits per heavy atom. The summed E-state index contributed by atoms with van der Waals surface area (Å²) in [6.45, 7) is 0.813. The molecule has 1 unspecified atom stereocenters. The number of H-pyrrole nitrogens is 1. The van der Waals surface area contributed by atoms with Crippen LogP contribution in [-0.2, 0) is 0 Å². The van der Waals surface area contributed by atoms with E-state index in [9.17, 15) is 0 Å². The average Bonchev–Trinajstić information content (AvgIpc) is 3.54. The standard InChI is InChI=1S/C30H22BrN5S/c31-17-10-13-26-23(14-17)25(16-32-26)29-35-27-22-9-5-4-8-20(22)21-12-11-19(15-24(21)28(27)36-29)34-30(37)33-18-6-2-1-3-7-18/h1-15,25,32H,16H2,(H,35,36)(H2,33,34,37). The molecule has 0 bridgehead atoms. The lowest BCUT2D eigenvalue weighted by molar-refractivity contribution is 0.836. The maximum Gasteiger partial charge on any atom is 0.175 e. The number of hydrogen-bond acceptors (Lipinski definition) is 3. The van der Waals surface area contributed by atoms with Crippen molar-refractivity contribution < 1.29 is 0 Å². The van der Waals surface area contributed by atoms with E-state index >= 15 is 0 Å². The van der Waals surface area contributed by atoms with Crippen molar-refractivity contribution in [3.8, 4) is 0 Å². The first kappa shape index (κ1) is 22.3. The summed E-state index contributed by atoms with van der Waals surface area (Å²) in [5.41, 5.74) is 6.31. The minimum Gasteiger partial charge on any atom is -0.384 e. The van der Waals surface area contributed by atoms with E-state index in [0.29, 0.717) is 5.11 Å². The molecule has 1 aliphatic heterocycles. The van der Waals surface area contributed by atoms with Gasteiger partial charge in [0.15, 0.2) is 5.11 Å². The van der Waals surface area contributed by atoms with E-state index in [-0.39, 0.29) is 5.92 Å². The van der Waals surface area contributed by atoms with Crippen molar-refractivity contribution in [1.29, 1.82) is 0 Å². The van der Waals surface area contributed by atoms with Gasteiger partial charge in [0.05, 0.1) is 17.0 Å². The molecule has 0 radical (unpaired) electrons. The molecular formula is C30H22BrN5S. The molecule has 7 rings (SSSR count). The minimum atomic E-state index is 0.151. The number of aromatic nitrogens is 2. The third-order valence-electron chi connectivity index (χ3n) is 6.99. The molecule has 0 spiro atoms. The van der Waals surface area contributed by atoms with Gasteiger partial charge in [0.2, 0.25) is 0 Å². The van der Waals surface area contributed by atoms with E-state index in [1.54, 1.807) is 0 Å². The minimum absolute atomic E-state index is 0.151. The van der Waals surface area contributed by atoms with Crippen molar-refractivity contribution >= 4 is 82.9 Å². The molecule has 1 aliphatic rings. The smallest absolute Gasteiger partial charge is 0.175 e. The summed E-state index contributed by atoms with van der Waals surface area (Å²) in [5, 5.41) is 15.3. The lowest BCUT2D eigenvalue weighted by Crippen LogP contribution is -2.18. The number of fused-ring (bicyclic) bond motifs is 7. The van der Waals surface area contributed by atoms with Crippen LogP contribution in [0.25, 0.3) is 32.6 Å². The van der Waals surface area contributed by atoms with Gasteiger partial charge >= 0.3 is 0 Å². The molecule has 0 amide bonds. The second kappa shape index (κ2) is 8.87. The largest absolute Gasteiger partial charge is 0.384 e. The second-order valence-corrected chi connectivity index (χ2v) is 10.6. The summed E-state index contributed by atoms with van der Waals surface area (Å²) in [6.07, 6.45) is 0. The first-order valence-corrected chi connectivity index (χ1v) is 13.3. The van der Waals surface area contributed by atoms with Gasteiger partial charge in [0.1, 0.15) is 5.82 Å². The Morgan fingerprint density at radius 3 is 2.43 bits per heavy atom. The summed E-state index contributed by atoms with van der Waals surface area (Å²) >= 11 is 9.22. The molecule has 0 saturated heterocycles. The molecule has 6 aromatic rings. The predicted octanol–water partition coefficient (Wildman–Crippen LogP) is 8.00. The van der Waals surface area contributed by atoms with Crippen molar-refractivity contribution in [3.63, 3.8) is 0 Å². The third-order valence-corrected chi connectivity index (χ3v) is 7.69. The lowest BCUT2D eigenvalue weighted by Gasteiger charge is -2.12. The van der Waals surface area contributed by atoms with Gasteiger partial charge in [-0.1, -0.05) is 64.5 Å². The number of para-hydroxylation sites is 1. The van der Waals surface area contributed by atoms with Crippen LogP contribution in [0.1, 0.15) is 17.3 Å². The highest BCUT2D eigenvalue weighted by atomic mass is 79.9. The predicted molar refractivity (Wildman–Crippen MR) is 162 cm³/mol. The monoisotopic (exact) mass is 563 g/mol. The van der Waals surface area contributed by atoms with Crippen LogP contribution in [0.15, 0.2) is 95.5 Å². The SMILES string of the molecule is S=C(Nc1ccccc1)Nc1ccc2c3ccccc3c3nc(C4CNc5ccc(Br)cc54)[nH]c3c2c1. The number of halogens is 1. The first-order chi connectivity index (χ1) is 18.1. The summed E-state index contributed by atoms with van der Waals surface area (Å²) in [7, 11) is 0. The first-order valence-electron chi connectivity index (χ1n) is 12.1. The molecule has 0 aliphatic carbocycles. The van der Waals surface area contributed by atoms with Gasteiger partial charge in [-0.05, 0) is 71.0 Å². The Balaban J connectivity index is 1.35. The van der Waals surface area contributed by atoms with Crippen LogP contribution in [-0.4, -0.2) is 21.6 Å². The van der Waals surface area contributed by atoms with Crippen LogP contribution < -0.4 is 16.0 Å². The molecule has 1 atom stereocenters. The highest BCUT2D eigenvalue weighted by Crippen LogP contribution is 2.40. The molecule has 0 fully saturated rings. The highest BCUT2D eigenvalue weighted by molar-refractivity contribution is 9.10. The fraction of sp³-hybridized carbons (Fsp3) is 0.0667. The Kier molecular flexibility index (Phi) is 5.34. The number of benzene rings is 5. The molecule has 5 aromatic carbocycles. The van der Waals surface area contributed by atoms with Crippen molar-refractivity contribution in [3.05, 3.63) is 107 Å². The van der Waals surface area contributed by atoms with E-state index in [1.165, 1.54) is 16.3 Å². The van der Waals surface area contributed by atoms with Gasteiger partial charge in [0, 0.05) is 38.9 Å². The molecule has 0 saturated carbocycles. The number of anilines is 3. The number of imidazole rings is 1. The van der Waals surface area contributed by atoms with Crippen LogP contribution in [0.3, 0.4) is 0 Å². The molecule has 37 heavy (non-hydrogen) atoms. The zero-order chi connectivity index (χ0) is 24.9. The molecule has 1 aromatic heterocycles. The van der Waals surface area contributed by atoms with Gasteiger partial charge in [0.25, 0.3) is 0 Å². The maximum atomic E-state index is 5.58. The number of rotatable bonds is 3. The summed E-state index contributed by atoms with van der Waals surface area (Å²) in [5.74, 6) is 1.12. The maximum absolute atomic E-state index is 5.58. The molecule has 2 heterocycles. The third kappa shape index (κ3) is 3.91. The van der Waals surface area contributed by atoms with Crippen LogP contribution >= 0.6 is 28.1 Å². The Morgan fingerprint density at radius 1 is 0.811 bits per heavy atom. The zero-order valence-electron chi connectivity index (χ0n) is 19.7. The number of nitrogens with one attached hydrogen (secondary N) is 4. The zero-order valence-corrected chi connectivity index (χ0v) is 22.1. The second-order valence-electron chi connectivity index (χ2n) is 9.26. The number of thiocarbonyl (C=S) groups is 1. The van der Waals surface area contributed by atoms with Gasteiger partial charge < -0.3 is 20.9 Å².